The fraction of sp³-hybridized carbons (Fsp3) is 0.607. The van der Waals surface area contributed by atoms with Crippen LogP contribution in [-0.2, 0) is 17.8 Å². The van der Waals surface area contributed by atoms with E-state index in [9.17, 15) is 9.59 Å². The summed E-state index contributed by atoms with van der Waals surface area (Å²) in [5.74, 6) is 0.708. The van der Waals surface area contributed by atoms with Gasteiger partial charge in [-0.3, -0.25) is 9.59 Å². The van der Waals surface area contributed by atoms with Gasteiger partial charge in [-0.05, 0) is 63.8 Å². The second-order valence-corrected chi connectivity index (χ2v) is 11.2. The van der Waals surface area contributed by atoms with E-state index in [0.29, 0.717) is 17.5 Å². The highest BCUT2D eigenvalue weighted by atomic mass is 16.2. The van der Waals surface area contributed by atoms with E-state index in [1.54, 1.807) is 0 Å². The molecule has 1 amide bonds. The quantitative estimate of drug-likeness (QED) is 0.592. The molecule has 0 bridgehead atoms. The lowest BCUT2D eigenvalue weighted by Gasteiger charge is -2.42. The lowest BCUT2D eigenvalue weighted by atomic mass is 9.70. The summed E-state index contributed by atoms with van der Waals surface area (Å²) < 4.78 is 1.38. The highest BCUT2D eigenvalue weighted by Crippen LogP contribution is 2.41. The number of hydrogen-bond donors (Lipinski definition) is 0. The van der Waals surface area contributed by atoms with Crippen molar-refractivity contribution < 1.29 is 4.79 Å². The van der Waals surface area contributed by atoms with Crippen molar-refractivity contribution in [2.75, 3.05) is 67.6 Å². The fourth-order valence-corrected chi connectivity index (χ4v) is 5.90. The topological polar surface area (TPSA) is 64.9 Å². The summed E-state index contributed by atoms with van der Waals surface area (Å²) in [5, 5.41) is 4.68. The van der Waals surface area contributed by atoms with Crippen LogP contribution in [0.2, 0.25) is 0 Å². The molecule has 8 heteroatoms. The van der Waals surface area contributed by atoms with E-state index in [2.05, 4.69) is 46.8 Å². The number of anilines is 3. The number of likely N-dealkylation sites (N-methyl/N-ethyl adjacent to an activating group) is 1. The van der Waals surface area contributed by atoms with Crippen LogP contribution >= 0.6 is 0 Å². The standard InChI is InChI=1S/C28H40N6O2/c1-5-31(20-28(3)11-7-12-28)25-18-21(2)27(36)34(29-25)19-26(35)33-13-10-22-23(8-6-9-24(22)33)32-16-14-30(4)15-17-32/h6,8-9,18H,5,7,10-17,19-20H2,1-4H3. The molecule has 1 saturated carbocycles. The number of amides is 1. The van der Waals surface area contributed by atoms with Crippen LogP contribution in [0.3, 0.4) is 0 Å². The Kier molecular flexibility index (Phi) is 6.81. The number of aromatic nitrogens is 2. The number of carbonyl (C=O) groups is 1. The Balaban J connectivity index is 1.36. The molecule has 3 aliphatic rings. The van der Waals surface area contributed by atoms with Crippen molar-refractivity contribution in [1.82, 2.24) is 14.7 Å². The molecule has 5 rings (SSSR count). The van der Waals surface area contributed by atoms with E-state index < -0.39 is 0 Å². The number of fused-ring (bicyclic) bond motifs is 1. The van der Waals surface area contributed by atoms with Crippen LogP contribution in [0.5, 0.6) is 0 Å². The number of rotatable bonds is 7. The van der Waals surface area contributed by atoms with E-state index in [4.69, 9.17) is 0 Å². The molecule has 1 saturated heterocycles. The third-order valence-electron chi connectivity index (χ3n) is 8.41. The molecule has 8 nitrogen and oxygen atoms in total. The van der Waals surface area contributed by atoms with Crippen molar-refractivity contribution in [3.8, 4) is 0 Å². The summed E-state index contributed by atoms with van der Waals surface area (Å²) in [7, 11) is 2.16. The van der Waals surface area contributed by atoms with Crippen LogP contribution in [0.25, 0.3) is 0 Å². The summed E-state index contributed by atoms with van der Waals surface area (Å²) in [6.45, 7) is 12.7. The molecule has 0 radical (unpaired) electrons. The van der Waals surface area contributed by atoms with Gasteiger partial charge in [0.15, 0.2) is 0 Å². The summed E-state index contributed by atoms with van der Waals surface area (Å²) in [5.41, 5.74) is 4.21. The van der Waals surface area contributed by atoms with Crippen LogP contribution in [0, 0.1) is 12.3 Å². The molecule has 0 N–H and O–H groups in total. The Bertz CT molecular complexity index is 1180. The number of benzene rings is 1. The number of hydrogen-bond acceptors (Lipinski definition) is 6. The second-order valence-electron chi connectivity index (χ2n) is 11.2. The van der Waals surface area contributed by atoms with Gasteiger partial charge in [0.1, 0.15) is 12.4 Å². The maximum atomic E-state index is 13.5. The molecule has 1 aromatic heterocycles. The first-order valence-electron chi connectivity index (χ1n) is 13.5. The van der Waals surface area contributed by atoms with Gasteiger partial charge in [0, 0.05) is 68.3 Å². The molecule has 2 fully saturated rings. The van der Waals surface area contributed by atoms with Crippen LogP contribution in [-0.4, -0.2) is 73.4 Å². The van der Waals surface area contributed by atoms with Gasteiger partial charge < -0.3 is 19.6 Å². The lowest BCUT2D eigenvalue weighted by Crippen LogP contribution is -2.44. The Labute approximate surface area is 214 Å². The van der Waals surface area contributed by atoms with Crippen LogP contribution in [0.4, 0.5) is 17.2 Å². The largest absolute Gasteiger partial charge is 0.369 e. The third-order valence-corrected chi connectivity index (χ3v) is 8.41. The fourth-order valence-electron chi connectivity index (χ4n) is 5.90. The van der Waals surface area contributed by atoms with E-state index in [0.717, 1.165) is 57.2 Å². The average molecular weight is 493 g/mol. The predicted octanol–water partition coefficient (Wildman–Crippen LogP) is 2.91. The SMILES string of the molecule is CCN(CC1(C)CCC1)c1cc(C)c(=O)n(CC(=O)N2CCc3c(N4CCN(C)CC4)cccc32)n1. The molecular formula is C28H40N6O2. The zero-order valence-electron chi connectivity index (χ0n) is 22.3. The van der Waals surface area contributed by atoms with Gasteiger partial charge in [-0.2, -0.15) is 5.10 Å². The zero-order valence-corrected chi connectivity index (χ0v) is 22.3. The van der Waals surface area contributed by atoms with Gasteiger partial charge >= 0.3 is 0 Å². The molecule has 194 valence electrons. The van der Waals surface area contributed by atoms with E-state index in [1.165, 1.54) is 35.2 Å². The number of piperazine rings is 1. The van der Waals surface area contributed by atoms with Gasteiger partial charge in [-0.15, -0.1) is 0 Å². The normalized spacial score (nSPS) is 19.2. The molecule has 2 aromatic rings. The molecular weight excluding hydrogens is 452 g/mol. The summed E-state index contributed by atoms with van der Waals surface area (Å²) in [4.78, 5) is 35.4. The average Bonchev–Trinajstić information content (AvgIpc) is 3.29. The van der Waals surface area contributed by atoms with Gasteiger partial charge in [0.2, 0.25) is 5.91 Å². The van der Waals surface area contributed by atoms with Crippen molar-refractivity contribution in [3.63, 3.8) is 0 Å². The molecule has 0 unspecified atom stereocenters. The van der Waals surface area contributed by atoms with E-state index in [-0.39, 0.29) is 18.0 Å². The second kappa shape index (κ2) is 9.88. The summed E-state index contributed by atoms with van der Waals surface area (Å²) in [6.07, 6.45) is 4.58. The number of carbonyl (C=O) groups excluding carboxylic acids is 1. The number of nitrogens with zero attached hydrogens (tertiary/aromatic N) is 6. The lowest BCUT2D eigenvalue weighted by molar-refractivity contribution is -0.119. The van der Waals surface area contributed by atoms with Crippen molar-refractivity contribution in [3.05, 3.63) is 45.7 Å². The summed E-state index contributed by atoms with van der Waals surface area (Å²) >= 11 is 0. The molecule has 36 heavy (non-hydrogen) atoms. The van der Waals surface area contributed by atoms with E-state index in [1.807, 2.05) is 30.0 Å². The smallest absolute Gasteiger partial charge is 0.270 e. The van der Waals surface area contributed by atoms with Crippen molar-refractivity contribution in [1.29, 1.82) is 0 Å². The first kappa shape index (κ1) is 24.8. The van der Waals surface area contributed by atoms with Gasteiger partial charge in [0.05, 0.1) is 0 Å². The van der Waals surface area contributed by atoms with E-state index >= 15 is 0 Å². The monoisotopic (exact) mass is 492 g/mol. The molecule has 0 spiro atoms. The minimum absolute atomic E-state index is 0.0412. The first-order valence-corrected chi connectivity index (χ1v) is 13.5. The van der Waals surface area contributed by atoms with Crippen molar-refractivity contribution in [2.45, 2.75) is 53.0 Å². The summed E-state index contributed by atoms with van der Waals surface area (Å²) in [6, 6.07) is 8.14. The van der Waals surface area contributed by atoms with Crippen LogP contribution < -0.4 is 20.3 Å². The Morgan fingerprint density at radius 1 is 1.11 bits per heavy atom. The van der Waals surface area contributed by atoms with Gasteiger partial charge in [-0.1, -0.05) is 19.4 Å². The van der Waals surface area contributed by atoms with Crippen molar-refractivity contribution >= 4 is 23.1 Å². The maximum absolute atomic E-state index is 13.5. The zero-order chi connectivity index (χ0) is 25.4. The molecule has 1 aromatic carbocycles. The number of aryl methyl sites for hydroxylation is 1. The Morgan fingerprint density at radius 3 is 2.50 bits per heavy atom. The first-order chi connectivity index (χ1) is 17.3. The third kappa shape index (κ3) is 4.75. The minimum Gasteiger partial charge on any atom is -0.369 e. The molecule has 2 aliphatic heterocycles. The molecule has 0 atom stereocenters. The van der Waals surface area contributed by atoms with Crippen molar-refractivity contribution in [2.24, 2.45) is 5.41 Å². The van der Waals surface area contributed by atoms with Crippen LogP contribution in [0.1, 0.15) is 44.2 Å². The maximum Gasteiger partial charge on any atom is 0.270 e. The molecule has 1 aliphatic carbocycles. The predicted molar refractivity (Wildman–Crippen MR) is 145 cm³/mol. The molecule has 3 heterocycles. The Morgan fingerprint density at radius 2 is 1.83 bits per heavy atom. The Hall–Kier alpha value is -2.87. The van der Waals surface area contributed by atoms with Gasteiger partial charge in [-0.25, -0.2) is 4.68 Å². The highest BCUT2D eigenvalue weighted by Gasteiger charge is 2.34. The minimum atomic E-state index is -0.191. The van der Waals surface area contributed by atoms with Crippen LogP contribution in [0.15, 0.2) is 29.1 Å². The van der Waals surface area contributed by atoms with Gasteiger partial charge in [0.25, 0.3) is 5.56 Å². The highest BCUT2D eigenvalue weighted by molar-refractivity contribution is 5.96.